The monoisotopic (exact) mass is 273 g/mol. The summed E-state index contributed by atoms with van der Waals surface area (Å²) in [5.41, 5.74) is 5.93. The van der Waals surface area contributed by atoms with Gasteiger partial charge in [-0.1, -0.05) is 0 Å². The molecule has 0 spiro atoms. The van der Waals surface area contributed by atoms with Crippen molar-refractivity contribution in [1.29, 1.82) is 0 Å². The van der Waals surface area contributed by atoms with Crippen molar-refractivity contribution in [1.82, 2.24) is 4.98 Å². The molecule has 7 nitrogen and oxygen atoms in total. The highest BCUT2D eigenvalue weighted by atomic mass is 16.6. The Labute approximate surface area is 114 Å². The Bertz CT molecular complexity index is 685. The number of hydrogen-bond donors (Lipinski definition) is 1. The van der Waals surface area contributed by atoms with Crippen LogP contribution in [-0.4, -0.2) is 22.9 Å². The summed E-state index contributed by atoms with van der Waals surface area (Å²) in [5.74, 6) is -0.293. The van der Waals surface area contributed by atoms with Gasteiger partial charge >= 0.3 is 0 Å². The topological polar surface area (TPSA) is 108 Å². The maximum Gasteiger partial charge on any atom is 0.270 e. The second kappa shape index (κ2) is 5.35. The van der Waals surface area contributed by atoms with Gasteiger partial charge in [-0.15, -0.1) is 0 Å². The van der Waals surface area contributed by atoms with Crippen LogP contribution >= 0.6 is 0 Å². The van der Waals surface area contributed by atoms with E-state index in [1.54, 1.807) is 6.07 Å². The molecule has 20 heavy (non-hydrogen) atoms. The molecule has 0 saturated heterocycles. The number of carbonyl (C=O) groups excluding carboxylic acids is 1. The number of amides is 1. The quantitative estimate of drug-likeness (QED) is 0.674. The van der Waals surface area contributed by atoms with E-state index < -0.39 is 10.8 Å². The molecule has 2 N–H and O–H groups in total. The molecule has 0 aliphatic rings. The number of rotatable bonds is 4. The highest BCUT2D eigenvalue weighted by Crippen LogP contribution is 2.33. The number of methoxy groups -OCH3 is 1. The molecule has 0 atom stereocenters. The van der Waals surface area contributed by atoms with E-state index >= 15 is 0 Å². The molecule has 0 saturated carbocycles. The van der Waals surface area contributed by atoms with E-state index in [0.29, 0.717) is 11.3 Å². The van der Waals surface area contributed by atoms with Crippen LogP contribution in [0.3, 0.4) is 0 Å². The predicted octanol–water partition coefficient (Wildman–Crippen LogP) is 1.76. The number of nitro benzene ring substituents is 1. The third kappa shape index (κ3) is 2.41. The van der Waals surface area contributed by atoms with Crippen LogP contribution in [-0.2, 0) is 0 Å². The fraction of sp³-hybridized carbons (Fsp3) is 0.0769. The van der Waals surface area contributed by atoms with Gasteiger partial charge in [0.15, 0.2) is 0 Å². The van der Waals surface area contributed by atoms with Crippen molar-refractivity contribution in [3.05, 3.63) is 52.2 Å². The molecule has 2 aromatic rings. The molecule has 1 aromatic heterocycles. The first-order valence-corrected chi connectivity index (χ1v) is 5.62. The zero-order valence-corrected chi connectivity index (χ0v) is 10.6. The van der Waals surface area contributed by atoms with Crippen molar-refractivity contribution in [2.45, 2.75) is 0 Å². The van der Waals surface area contributed by atoms with E-state index in [-0.39, 0.29) is 16.9 Å². The molecule has 1 heterocycles. The van der Waals surface area contributed by atoms with Crippen molar-refractivity contribution in [3.8, 4) is 17.0 Å². The lowest BCUT2D eigenvalue weighted by Crippen LogP contribution is -2.13. The first kappa shape index (κ1) is 13.5. The van der Waals surface area contributed by atoms with Crippen LogP contribution < -0.4 is 10.5 Å². The van der Waals surface area contributed by atoms with E-state index in [1.807, 2.05) is 0 Å². The molecule has 0 bridgehead atoms. The maximum absolute atomic E-state index is 11.4. The summed E-state index contributed by atoms with van der Waals surface area (Å²) in [7, 11) is 1.43. The first-order valence-electron chi connectivity index (χ1n) is 5.62. The van der Waals surface area contributed by atoms with Gasteiger partial charge < -0.3 is 10.5 Å². The summed E-state index contributed by atoms with van der Waals surface area (Å²) < 4.78 is 5.15. The molecule has 0 radical (unpaired) electrons. The Balaban J connectivity index is 2.70. The summed E-state index contributed by atoms with van der Waals surface area (Å²) in [4.78, 5) is 25.8. The molecule has 0 aliphatic carbocycles. The lowest BCUT2D eigenvalue weighted by molar-refractivity contribution is -0.384. The maximum atomic E-state index is 11.4. The predicted molar refractivity (Wildman–Crippen MR) is 71.4 cm³/mol. The Morgan fingerprint density at radius 1 is 1.40 bits per heavy atom. The molecule has 1 aromatic carbocycles. The Kier molecular flexibility index (Phi) is 3.60. The minimum atomic E-state index is -0.665. The summed E-state index contributed by atoms with van der Waals surface area (Å²) in [5, 5.41) is 10.9. The molecule has 0 fully saturated rings. The second-order valence-corrected chi connectivity index (χ2v) is 3.91. The summed E-state index contributed by atoms with van der Waals surface area (Å²) in [6, 6.07) is 7.13. The number of benzene rings is 1. The van der Waals surface area contributed by atoms with Gasteiger partial charge in [-0.05, 0) is 18.2 Å². The zero-order valence-electron chi connectivity index (χ0n) is 10.6. The van der Waals surface area contributed by atoms with Gasteiger partial charge in [0.1, 0.15) is 5.75 Å². The highest BCUT2D eigenvalue weighted by Gasteiger charge is 2.18. The Hall–Kier alpha value is -2.96. The molecule has 2 rings (SSSR count). The number of carbonyl (C=O) groups is 1. The number of nitro groups is 1. The van der Waals surface area contributed by atoms with E-state index in [2.05, 4.69) is 4.98 Å². The largest absolute Gasteiger partial charge is 0.496 e. The molecular formula is C13H11N3O4. The number of hydrogen-bond acceptors (Lipinski definition) is 5. The summed E-state index contributed by atoms with van der Waals surface area (Å²) in [6.07, 6.45) is 1.47. The Morgan fingerprint density at radius 2 is 2.15 bits per heavy atom. The minimum Gasteiger partial charge on any atom is -0.496 e. The number of nitrogens with two attached hydrogens (primary N) is 1. The van der Waals surface area contributed by atoms with Crippen LogP contribution in [0.5, 0.6) is 5.75 Å². The first-order chi connectivity index (χ1) is 9.54. The van der Waals surface area contributed by atoms with Crippen molar-refractivity contribution < 1.29 is 14.5 Å². The van der Waals surface area contributed by atoms with Gasteiger partial charge in [0, 0.05) is 23.9 Å². The van der Waals surface area contributed by atoms with E-state index in [4.69, 9.17) is 10.5 Å². The standard InChI is InChI=1S/C13H11N3O4/c1-20-11-5-4-8(16(18)19)7-10(11)12-9(13(14)17)3-2-6-15-12/h2-7H,1H3,(H2,14,17). The second-order valence-electron chi connectivity index (χ2n) is 3.91. The van der Waals surface area contributed by atoms with Crippen LogP contribution in [0.15, 0.2) is 36.5 Å². The third-order valence-electron chi connectivity index (χ3n) is 2.72. The van der Waals surface area contributed by atoms with E-state index in [1.165, 1.54) is 37.6 Å². The van der Waals surface area contributed by atoms with Crippen LogP contribution in [0.4, 0.5) is 5.69 Å². The normalized spacial score (nSPS) is 10.1. The molecule has 0 aliphatic heterocycles. The Morgan fingerprint density at radius 3 is 2.75 bits per heavy atom. The fourth-order valence-corrected chi connectivity index (χ4v) is 1.81. The number of nitrogens with zero attached hydrogens (tertiary/aromatic N) is 2. The van der Waals surface area contributed by atoms with Crippen LogP contribution in [0.25, 0.3) is 11.3 Å². The molecule has 7 heteroatoms. The number of pyridine rings is 1. The lowest BCUT2D eigenvalue weighted by Gasteiger charge is -2.10. The van der Waals surface area contributed by atoms with Crippen LogP contribution in [0.1, 0.15) is 10.4 Å². The van der Waals surface area contributed by atoms with E-state index in [0.717, 1.165) is 0 Å². The van der Waals surface area contributed by atoms with Crippen molar-refractivity contribution in [2.75, 3.05) is 7.11 Å². The van der Waals surface area contributed by atoms with E-state index in [9.17, 15) is 14.9 Å². The fourth-order valence-electron chi connectivity index (χ4n) is 1.81. The minimum absolute atomic E-state index is 0.123. The van der Waals surface area contributed by atoms with Gasteiger partial charge in [0.05, 0.1) is 23.3 Å². The molecular weight excluding hydrogens is 262 g/mol. The third-order valence-corrected chi connectivity index (χ3v) is 2.72. The average Bonchev–Trinajstić information content (AvgIpc) is 2.46. The van der Waals surface area contributed by atoms with Crippen LogP contribution in [0.2, 0.25) is 0 Å². The van der Waals surface area contributed by atoms with Crippen molar-refractivity contribution in [3.63, 3.8) is 0 Å². The number of non-ortho nitro benzene ring substituents is 1. The summed E-state index contributed by atoms with van der Waals surface area (Å²) in [6.45, 7) is 0. The van der Waals surface area contributed by atoms with Gasteiger partial charge in [0.2, 0.25) is 0 Å². The number of ether oxygens (including phenoxy) is 1. The van der Waals surface area contributed by atoms with Crippen molar-refractivity contribution in [2.24, 2.45) is 5.73 Å². The zero-order chi connectivity index (χ0) is 14.7. The molecule has 1 amide bonds. The van der Waals surface area contributed by atoms with Gasteiger partial charge in [0.25, 0.3) is 11.6 Å². The molecule has 102 valence electrons. The average molecular weight is 273 g/mol. The van der Waals surface area contributed by atoms with Crippen molar-refractivity contribution >= 4 is 11.6 Å². The smallest absolute Gasteiger partial charge is 0.270 e. The SMILES string of the molecule is COc1ccc([N+](=O)[O-])cc1-c1ncccc1C(N)=O. The molecule has 0 unspecified atom stereocenters. The highest BCUT2D eigenvalue weighted by molar-refractivity contribution is 5.99. The van der Waals surface area contributed by atoms with Gasteiger partial charge in [-0.3, -0.25) is 19.9 Å². The van der Waals surface area contributed by atoms with Gasteiger partial charge in [-0.25, -0.2) is 0 Å². The van der Waals surface area contributed by atoms with Gasteiger partial charge in [-0.2, -0.15) is 0 Å². The summed E-state index contributed by atoms with van der Waals surface area (Å²) >= 11 is 0. The van der Waals surface area contributed by atoms with Crippen LogP contribution in [0, 0.1) is 10.1 Å². The lowest BCUT2D eigenvalue weighted by atomic mass is 10.0. The number of primary amides is 1. The number of aromatic nitrogens is 1.